The second-order valence-electron chi connectivity index (χ2n) is 13.9. The highest BCUT2D eigenvalue weighted by molar-refractivity contribution is 6.38. The Morgan fingerprint density at radius 3 is 2.49 bits per heavy atom. The van der Waals surface area contributed by atoms with Gasteiger partial charge in [-0.05, 0) is 73.5 Å². The first kappa shape index (κ1) is 29.5. The molecule has 5 fully saturated rings. The third-order valence-electron chi connectivity index (χ3n) is 10.3. The Hall–Kier alpha value is -4.22. The predicted octanol–water partition coefficient (Wildman–Crippen LogP) is 1.61. The van der Waals surface area contributed by atoms with Crippen LogP contribution < -0.4 is 20.7 Å². The lowest BCUT2D eigenvalue weighted by atomic mass is 9.94. The Morgan fingerprint density at radius 1 is 1.07 bits per heavy atom. The van der Waals surface area contributed by atoms with Crippen LogP contribution in [0.15, 0.2) is 36.7 Å². The standard InChI is InChI=1S/C33H40N6O6/c1-33(2)24-16-38(26(40)17-45-23-9-3-18(4-10-23)20-14-35-39(15-20)22-7-8-22)28(27(24)33)31(43)37-25(13-19-11-12-34-30(19)42)29(41)32(44)36-21-5-6-21/h3-4,9-10,14-15,19,21-22,24-25,27-28H,5-8,11-13,16-17H2,1-2H3,(H,34,42)(H,36,44)(H,37,43)/t19-,24-,25-,27-,28-/m0/s1. The van der Waals surface area contributed by atoms with Crippen molar-refractivity contribution in [2.75, 3.05) is 19.7 Å². The number of Topliss-reactive ketones (excluding diaryl/α,β-unsaturated/α-hetero) is 1. The van der Waals surface area contributed by atoms with Crippen LogP contribution >= 0.6 is 0 Å². The van der Waals surface area contributed by atoms with Crippen LogP contribution in [0.1, 0.15) is 58.4 Å². The minimum Gasteiger partial charge on any atom is -0.484 e. The van der Waals surface area contributed by atoms with Gasteiger partial charge in [0.2, 0.25) is 17.6 Å². The minimum atomic E-state index is -1.16. The van der Waals surface area contributed by atoms with Crippen LogP contribution in [0.5, 0.6) is 5.75 Å². The quantitative estimate of drug-likeness (QED) is 0.307. The summed E-state index contributed by atoms with van der Waals surface area (Å²) in [5.74, 6) is -2.38. The number of ketones is 1. The summed E-state index contributed by atoms with van der Waals surface area (Å²) in [6.45, 7) is 4.81. The SMILES string of the molecule is CC1(C)[C@@H]2[C@@H](C(=O)N[C@@H](C[C@@H]3CCNC3=O)C(=O)C(=O)NC3CC3)N(C(=O)COc3ccc(-c4cnn(C5CC5)c4)cc3)C[C@@H]21. The van der Waals surface area contributed by atoms with Gasteiger partial charge in [0.1, 0.15) is 11.8 Å². The summed E-state index contributed by atoms with van der Waals surface area (Å²) in [5.41, 5.74) is 1.88. The van der Waals surface area contributed by atoms with E-state index in [0.717, 1.165) is 36.8 Å². The third kappa shape index (κ3) is 5.94. The van der Waals surface area contributed by atoms with Crippen LogP contribution in [0.4, 0.5) is 0 Å². The molecular formula is C33H40N6O6. The van der Waals surface area contributed by atoms with Gasteiger partial charge in [0, 0.05) is 36.8 Å². The van der Waals surface area contributed by atoms with Gasteiger partial charge in [-0.25, -0.2) is 0 Å². The van der Waals surface area contributed by atoms with Crippen molar-refractivity contribution in [3.63, 3.8) is 0 Å². The molecule has 3 aliphatic carbocycles. The van der Waals surface area contributed by atoms with E-state index in [2.05, 4.69) is 34.9 Å². The van der Waals surface area contributed by atoms with Crippen molar-refractivity contribution in [3.05, 3.63) is 36.7 Å². The van der Waals surface area contributed by atoms with E-state index in [1.807, 2.05) is 41.3 Å². The first-order valence-corrected chi connectivity index (χ1v) is 16.1. The Bertz CT molecular complexity index is 1530. The van der Waals surface area contributed by atoms with Crippen molar-refractivity contribution in [1.82, 2.24) is 30.6 Å². The lowest BCUT2D eigenvalue weighted by molar-refractivity contribution is -0.144. The molecule has 238 valence electrons. The molecule has 4 amide bonds. The number of amides is 4. The first-order valence-electron chi connectivity index (χ1n) is 16.1. The summed E-state index contributed by atoms with van der Waals surface area (Å²) >= 11 is 0. The molecule has 0 radical (unpaired) electrons. The molecule has 5 aliphatic rings. The first-order chi connectivity index (χ1) is 21.6. The molecule has 3 saturated carbocycles. The van der Waals surface area contributed by atoms with Gasteiger partial charge < -0.3 is 25.6 Å². The summed E-state index contributed by atoms with van der Waals surface area (Å²) in [4.78, 5) is 67.1. The summed E-state index contributed by atoms with van der Waals surface area (Å²) in [5, 5.41) is 12.7. The van der Waals surface area contributed by atoms with Crippen LogP contribution in [-0.2, 0) is 24.0 Å². The molecule has 45 heavy (non-hydrogen) atoms. The van der Waals surface area contributed by atoms with Gasteiger partial charge in [-0.1, -0.05) is 26.0 Å². The van der Waals surface area contributed by atoms with Crippen molar-refractivity contribution in [1.29, 1.82) is 0 Å². The number of piperidine rings is 1. The lowest BCUT2D eigenvalue weighted by Gasteiger charge is -2.31. The van der Waals surface area contributed by atoms with Crippen LogP contribution in [0.25, 0.3) is 11.1 Å². The highest BCUT2D eigenvalue weighted by Gasteiger charge is 2.69. The Balaban J connectivity index is 1.01. The summed E-state index contributed by atoms with van der Waals surface area (Å²) in [7, 11) is 0. The summed E-state index contributed by atoms with van der Waals surface area (Å²) in [6, 6.07) is 6.01. The average molecular weight is 617 g/mol. The predicted molar refractivity (Wildman–Crippen MR) is 162 cm³/mol. The van der Waals surface area contributed by atoms with Gasteiger partial charge in [0.25, 0.3) is 11.8 Å². The van der Waals surface area contributed by atoms with E-state index in [9.17, 15) is 24.0 Å². The molecule has 1 aromatic heterocycles. The average Bonchev–Trinajstić information content (AvgIpc) is 3.97. The number of ether oxygens (including phenoxy) is 1. The van der Waals surface area contributed by atoms with Crippen molar-refractivity contribution < 1.29 is 28.7 Å². The number of benzene rings is 1. The molecule has 7 rings (SSSR count). The van der Waals surface area contributed by atoms with Gasteiger partial charge in [-0.2, -0.15) is 5.10 Å². The van der Waals surface area contributed by atoms with Crippen molar-refractivity contribution >= 4 is 29.4 Å². The molecule has 0 bridgehead atoms. The van der Waals surface area contributed by atoms with Gasteiger partial charge in [0.05, 0.1) is 18.3 Å². The van der Waals surface area contributed by atoms with E-state index in [0.29, 0.717) is 31.3 Å². The van der Waals surface area contributed by atoms with Gasteiger partial charge in [-0.3, -0.25) is 28.7 Å². The fraction of sp³-hybridized carbons (Fsp3) is 0.576. The second-order valence-corrected chi connectivity index (χ2v) is 13.9. The van der Waals surface area contributed by atoms with E-state index < -0.39 is 35.6 Å². The number of hydrogen-bond acceptors (Lipinski definition) is 7. The van der Waals surface area contributed by atoms with E-state index in [1.165, 1.54) is 0 Å². The number of carbonyl (C=O) groups is 5. The molecule has 5 atom stereocenters. The fourth-order valence-corrected chi connectivity index (χ4v) is 7.13. The molecule has 0 spiro atoms. The van der Waals surface area contributed by atoms with E-state index >= 15 is 0 Å². The zero-order chi connectivity index (χ0) is 31.5. The summed E-state index contributed by atoms with van der Waals surface area (Å²) in [6.07, 6.45) is 8.41. The Labute approximate surface area is 261 Å². The number of nitrogens with one attached hydrogen (secondary N) is 3. The molecule has 2 aromatic rings. The fourth-order valence-electron chi connectivity index (χ4n) is 7.13. The molecule has 0 unspecified atom stereocenters. The van der Waals surface area contributed by atoms with E-state index in [4.69, 9.17) is 4.74 Å². The number of rotatable bonds is 12. The minimum absolute atomic E-state index is 0.0221. The number of fused-ring (bicyclic) bond motifs is 1. The topological polar surface area (TPSA) is 152 Å². The molecular weight excluding hydrogens is 576 g/mol. The van der Waals surface area contributed by atoms with Crippen molar-refractivity contribution in [2.24, 2.45) is 23.2 Å². The van der Waals surface area contributed by atoms with E-state index in [1.54, 1.807) is 4.90 Å². The molecule has 2 saturated heterocycles. The largest absolute Gasteiger partial charge is 0.484 e. The normalized spacial score (nSPS) is 26.9. The van der Waals surface area contributed by atoms with Gasteiger partial charge in [-0.15, -0.1) is 0 Å². The second kappa shape index (κ2) is 11.3. The monoisotopic (exact) mass is 616 g/mol. The van der Waals surface area contributed by atoms with Crippen molar-refractivity contribution in [3.8, 4) is 16.9 Å². The summed E-state index contributed by atoms with van der Waals surface area (Å²) < 4.78 is 7.85. The van der Waals surface area contributed by atoms with Gasteiger partial charge >= 0.3 is 0 Å². The third-order valence-corrected chi connectivity index (χ3v) is 10.3. The number of aromatic nitrogens is 2. The number of carbonyl (C=O) groups excluding carboxylic acids is 5. The van der Waals surface area contributed by atoms with E-state index in [-0.39, 0.29) is 48.1 Å². The van der Waals surface area contributed by atoms with Crippen LogP contribution in [-0.4, -0.2) is 81.9 Å². The zero-order valence-corrected chi connectivity index (χ0v) is 25.7. The Morgan fingerprint density at radius 2 is 1.82 bits per heavy atom. The number of likely N-dealkylation sites (tertiary alicyclic amines) is 1. The zero-order valence-electron chi connectivity index (χ0n) is 25.7. The number of nitrogens with zero attached hydrogens (tertiary/aromatic N) is 3. The lowest BCUT2D eigenvalue weighted by Crippen LogP contribution is -2.56. The molecule has 12 nitrogen and oxygen atoms in total. The molecule has 12 heteroatoms. The smallest absolute Gasteiger partial charge is 0.289 e. The molecule has 3 N–H and O–H groups in total. The van der Waals surface area contributed by atoms with Crippen LogP contribution in [0.2, 0.25) is 0 Å². The van der Waals surface area contributed by atoms with Crippen LogP contribution in [0.3, 0.4) is 0 Å². The molecule has 1 aromatic carbocycles. The maximum absolute atomic E-state index is 13.9. The van der Waals surface area contributed by atoms with Crippen molar-refractivity contribution in [2.45, 2.75) is 76.5 Å². The maximum atomic E-state index is 13.9. The maximum Gasteiger partial charge on any atom is 0.289 e. The molecule has 3 heterocycles. The number of hydrogen-bond donors (Lipinski definition) is 3. The Kier molecular flexibility index (Phi) is 7.40. The van der Waals surface area contributed by atoms with Gasteiger partial charge in [0.15, 0.2) is 6.61 Å². The highest BCUT2D eigenvalue weighted by atomic mass is 16.5. The molecule has 2 aliphatic heterocycles. The van der Waals surface area contributed by atoms with Crippen LogP contribution in [0, 0.1) is 23.2 Å². The highest BCUT2D eigenvalue weighted by Crippen LogP contribution is 2.64.